The summed E-state index contributed by atoms with van der Waals surface area (Å²) < 4.78 is 74.6. The number of halogens is 5. The number of rotatable bonds is 11. The Morgan fingerprint density at radius 1 is 1.18 bits per heavy atom. The van der Waals surface area contributed by atoms with Crippen LogP contribution in [0.3, 0.4) is 0 Å². The van der Waals surface area contributed by atoms with E-state index in [1.165, 1.54) is 13.3 Å². The van der Waals surface area contributed by atoms with Crippen molar-refractivity contribution in [3.8, 4) is 5.75 Å². The summed E-state index contributed by atoms with van der Waals surface area (Å²) in [6, 6.07) is 6.69. The van der Waals surface area contributed by atoms with Gasteiger partial charge in [-0.2, -0.15) is 0 Å². The molecule has 2 N–H and O–H groups in total. The molecule has 2 heterocycles. The molecule has 0 amide bonds. The zero-order chi connectivity index (χ0) is 28.2. The third kappa shape index (κ3) is 6.24. The Kier molecular flexibility index (Phi) is 8.89. The van der Waals surface area contributed by atoms with Gasteiger partial charge in [-0.1, -0.05) is 0 Å². The molecule has 4 rings (SSSR count). The maximum Gasteiger partial charge on any atom is 0.309 e. The van der Waals surface area contributed by atoms with E-state index in [0.29, 0.717) is 42.8 Å². The number of nitrogens with zero attached hydrogens (tertiary/aromatic N) is 2. The first-order valence-electron chi connectivity index (χ1n) is 12.7. The Morgan fingerprint density at radius 3 is 2.49 bits per heavy atom. The van der Waals surface area contributed by atoms with Gasteiger partial charge in [0.25, 0.3) is 0 Å². The molecule has 0 radical (unpaired) electrons. The second kappa shape index (κ2) is 12.1. The molecule has 6 nitrogen and oxygen atoms in total. The number of likely N-dealkylation sites (tertiary alicyclic amines) is 1. The average molecular weight is 552 g/mol. The lowest BCUT2D eigenvalue weighted by atomic mass is 9.74. The predicted octanol–water partition coefficient (Wildman–Crippen LogP) is 6.20. The number of hydrogen-bond donors (Lipinski definition) is 2. The molecular formula is C28H30F5N3O3. The second-order valence-electron chi connectivity index (χ2n) is 9.83. The number of benzene rings is 2. The first kappa shape index (κ1) is 28.5. The Bertz CT molecular complexity index is 1300. The van der Waals surface area contributed by atoms with Gasteiger partial charge in [0.15, 0.2) is 17.5 Å². The molecule has 1 aromatic heterocycles. The molecule has 1 aliphatic rings. The van der Waals surface area contributed by atoms with Crippen molar-refractivity contribution in [3.05, 3.63) is 65.1 Å². The number of ether oxygens (including phenoxy) is 1. The maximum absolute atomic E-state index is 15.7. The van der Waals surface area contributed by atoms with E-state index in [1.807, 2.05) is 4.90 Å². The van der Waals surface area contributed by atoms with Gasteiger partial charge in [0.1, 0.15) is 18.6 Å². The van der Waals surface area contributed by atoms with Gasteiger partial charge in [0.2, 0.25) is 0 Å². The molecule has 3 aromatic rings. The van der Waals surface area contributed by atoms with Crippen molar-refractivity contribution in [3.63, 3.8) is 0 Å². The fraction of sp³-hybridized carbons (Fsp3) is 0.429. The molecule has 1 fully saturated rings. The number of aliphatic carboxylic acids is 1. The van der Waals surface area contributed by atoms with Gasteiger partial charge in [0.05, 0.1) is 18.0 Å². The molecule has 1 saturated heterocycles. The molecule has 11 heteroatoms. The van der Waals surface area contributed by atoms with Gasteiger partial charge in [-0.25, -0.2) is 22.0 Å². The summed E-state index contributed by atoms with van der Waals surface area (Å²) in [5, 5.41) is 13.3. The fourth-order valence-electron chi connectivity index (χ4n) is 5.18. The zero-order valence-electron chi connectivity index (χ0n) is 21.5. The van der Waals surface area contributed by atoms with Crippen LogP contribution in [0.25, 0.3) is 10.9 Å². The number of methoxy groups -OCH3 is 1. The number of fused-ring (bicyclic) bond motifs is 1. The highest BCUT2D eigenvalue weighted by Crippen LogP contribution is 2.41. The lowest BCUT2D eigenvalue weighted by molar-refractivity contribution is -0.153. The molecule has 2 aromatic carbocycles. The molecular weight excluding hydrogens is 521 g/mol. The van der Waals surface area contributed by atoms with Crippen molar-refractivity contribution in [1.82, 2.24) is 9.88 Å². The number of piperidine rings is 1. The standard InChI is InChI=1S/C28H30F5N3O3/c1-39-19-2-3-24-20(14-19)25(17(15-29)16-35-24)21(30)4-5-28(27(37)38)6-9-36(10-7-28)11-8-34-18-12-22(31)26(33)23(32)13-18/h2-3,12-14,16,21,34H,4-11,15H2,1H3,(H,37,38)/t21-/m1/s1. The van der Waals surface area contributed by atoms with Crippen molar-refractivity contribution in [2.24, 2.45) is 5.41 Å². The van der Waals surface area contributed by atoms with Crippen LogP contribution in [0.5, 0.6) is 5.75 Å². The van der Waals surface area contributed by atoms with Crippen LogP contribution in [-0.4, -0.2) is 54.2 Å². The van der Waals surface area contributed by atoms with E-state index >= 15 is 4.39 Å². The van der Waals surface area contributed by atoms with E-state index in [2.05, 4.69) is 10.3 Å². The molecule has 1 atom stereocenters. The van der Waals surface area contributed by atoms with Crippen molar-refractivity contribution in [2.45, 2.75) is 38.5 Å². The SMILES string of the molecule is COc1ccc2ncc(CF)c([C@H](F)CCC3(C(=O)O)CCN(CCNc4cc(F)c(F)c(F)c4)CC3)c2c1. The smallest absolute Gasteiger partial charge is 0.309 e. The van der Waals surface area contributed by atoms with Crippen LogP contribution in [-0.2, 0) is 11.5 Å². The first-order valence-corrected chi connectivity index (χ1v) is 12.7. The summed E-state index contributed by atoms with van der Waals surface area (Å²) >= 11 is 0. The number of anilines is 1. The number of carbonyl (C=O) groups is 1. The summed E-state index contributed by atoms with van der Waals surface area (Å²) in [5.41, 5.74) is -0.249. The lowest BCUT2D eigenvalue weighted by Crippen LogP contribution is -2.45. The third-order valence-corrected chi connectivity index (χ3v) is 7.54. The highest BCUT2D eigenvalue weighted by atomic mass is 19.2. The molecule has 0 saturated carbocycles. The van der Waals surface area contributed by atoms with E-state index < -0.39 is 41.7 Å². The largest absolute Gasteiger partial charge is 0.497 e. The minimum Gasteiger partial charge on any atom is -0.497 e. The van der Waals surface area contributed by atoms with E-state index in [-0.39, 0.29) is 42.5 Å². The summed E-state index contributed by atoms with van der Waals surface area (Å²) in [5.74, 6) is -4.63. The highest BCUT2D eigenvalue weighted by Gasteiger charge is 2.41. The van der Waals surface area contributed by atoms with E-state index in [4.69, 9.17) is 4.74 Å². The van der Waals surface area contributed by atoms with Gasteiger partial charge >= 0.3 is 5.97 Å². The number of aromatic nitrogens is 1. The molecule has 1 aliphatic heterocycles. The Morgan fingerprint density at radius 2 is 1.87 bits per heavy atom. The van der Waals surface area contributed by atoms with Crippen LogP contribution in [0.2, 0.25) is 0 Å². The minimum atomic E-state index is -1.59. The average Bonchev–Trinajstić information content (AvgIpc) is 2.94. The van der Waals surface area contributed by atoms with Gasteiger partial charge in [-0.3, -0.25) is 9.78 Å². The van der Waals surface area contributed by atoms with Gasteiger partial charge in [0, 0.05) is 53.6 Å². The van der Waals surface area contributed by atoms with Crippen LogP contribution in [0.4, 0.5) is 27.6 Å². The summed E-state index contributed by atoms with van der Waals surface area (Å²) in [4.78, 5) is 18.5. The maximum atomic E-state index is 15.7. The number of carboxylic acids is 1. The quantitative estimate of drug-likeness (QED) is 0.218. The molecule has 0 unspecified atom stereocenters. The van der Waals surface area contributed by atoms with E-state index in [9.17, 15) is 27.5 Å². The predicted molar refractivity (Wildman–Crippen MR) is 137 cm³/mol. The number of carboxylic acid groups (broad SMARTS) is 1. The monoisotopic (exact) mass is 551 g/mol. The Balaban J connectivity index is 1.38. The van der Waals surface area contributed by atoms with Gasteiger partial charge < -0.3 is 20.1 Å². The topological polar surface area (TPSA) is 74.7 Å². The summed E-state index contributed by atoms with van der Waals surface area (Å²) in [6.07, 6.45) is 0.265. The second-order valence-corrected chi connectivity index (χ2v) is 9.83. The normalized spacial score (nSPS) is 16.3. The fourth-order valence-corrected chi connectivity index (χ4v) is 5.18. The zero-order valence-corrected chi connectivity index (χ0v) is 21.5. The van der Waals surface area contributed by atoms with Crippen molar-refractivity contribution in [1.29, 1.82) is 0 Å². The van der Waals surface area contributed by atoms with Crippen LogP contribution < -0.4 is 10.1 Å². The summed E-state index contributed by atoms with van der Waals surface area (Å²) in [7, 11) is 1.47. The Labute approximate surface area is 222 Å². The molecule has 0 spiro atoms. The van der Waals surface area contributed by atoms with E-state index in [0.717, 1.165) is 12.1 Å². The lowest BCUT2D eigenvalue weighted by Gasteiger charge is -2.39. The number of hydrogen-bond acceptors (Lipinski definition) is 5. The van der Waals surface area contributed by atoms with E-state index in [1.54, 1.807) is 18.2 Å². The van der Waals surface area contributed by atoms with Crippen molar-refractivity contribution < 1.29 is 36.6 Å². The van der Waals surface area contributed by atoms with Crippen LogP contribution >= 0.6 is 0 Å². The Hall–Kier alpha value is -3.47. The van der Waals surface area contributed by atoms with Crippen LogP contribution in [0, 0.1) is 22.9 Å². The van der Waals surface area contributed by atoms with Gasteiger partial charge in [-0.15, -0.1) is 0 Å². The van der Waals surface area contributed by atoms with Crippen LogP contribution in [0.15, 0.2) is 36.5 Å². The number of alkyl halides is 2. The minimum absolute atomic E-state index is 0.0727. The molecule has 0 aliphatic carbocycles. The van der Waals surface area contributed by atoms with Crippen molar-refractivity contribution >= 4 is 22.6 Å². The number of nitrogens with one attached hydrogen (secondary N) is 1. The highest BCUT2D eigenvalue weighted by molar-refractivity contribution is 5.85. The molecule has 39 heavy (non-hydrogen) atoms. The first-order chi connectivity index (χ1) is 18.7. The van der Waals surface area contributed by atoms with Gasteiger partial charge in [-0.05, 0) is 57.0 Å². The molecule has 210 valence electrons. The van der Waals surface area contributed by atoms with Crippen LogP contribution in [0.1, 0.15) is 43.0 Å². The summed E-state index contributed by atoms with van der Waals surface area (Å²) in [6.45, 7) is 0.735. The van der Waals surface area contributed by atoms with Crippen molar-refractivity contribution in [2.75, 3.05) is 38.6 Å². The number of pyridine rings is 1. The molecule has 0 bridgehead atoms. The third-order valence-electron chi connectivity index (χ3n) is 7.54.